The van der Waals surface area contributed by atoms with Crippen LogP contribution in [0.3, 0.4) is 0 Å². The number of nitrogens with zero attached hydrogens (tertiary/aromatic N) is 1. The van der Waals surface area contributed by atoms with Gasteiger partial charge in [0, 0.05) is 26.6 Å². The zero-order valence-corrected chi connectivity index (χ0v) is 13.4. The molecule has 0 saturated heterocycles. The molecule has 2 N–H and O–H groups in total. The van der Waals surface area contributed by atoms with E-state index >= 15 is 0 Å². The first-order valence-corrected chi connectivity index (χ1v) is 7.68. The van der Waals surface area contributed by atoms with Crippen molar-refractivity contribution in [1.29, 1.82) is 0 Å². The van der Waals surface area contributed by atoms with E-state index in [4.69, 9.17) is 4.74 Å². The summed E-state index contributed by atoms with van der Waals surface area (Å²) in [4.78, 5) is 24.9. The van der Waals surface area contributed by atoms with Crippen LogP contribution in [0.25, 0.3) is 0 Å². The average molecular weight is 300 g/mol. The minimum atomic E-state index is -0.763. The molecule has 1 aliphatic carbocycles. The Morgan fingerprint density at radius 2 is 2.00 bits per heavy atom. The van der Waals surface area contributed by atoms with Gasteiger partial charge in [0.1, 0.15) is 0 Å². The van der Waals surface area contributed by atoms with Gasteiger partial charge in [0.2, 0.25) is 5.91 Å². The number of aliphatic hydroxyl groups is 1. The van der Waals surface area contributed by atoms with E-state index in [0.717, 1.165) is 0 Å². The Labute approximate surface area is 126 Å². The lowest BCUT2D eigenvalue weighted by molar-refractivity contribution is -0.151. The van der Waals surface area contributed by atoms with Crippen molar-refractivity contribution in [2.45, 2.75) is 44.6 Å². The van der Waals surface area contributed by atoms with Crippen LogP contribution in [0, 0.1) is 5.92 Å². The van der Waals surface area contributed by atoms with Crippen molar-refractivity contribution in [2.24, 2.45) is 5.92 Å². The maximum absolute atomic E-state index is 11.7. The second-order valence-corrected chi connectivity index (χ2v) is 5.91. The number of ether oxygens (including phenoxy) is 1. The number of esters is 1. The topological polar surface area (TPSA) is 78.9 Å². The number of carbonyl (C=O) groups is 2. The Kier molecular flexibility index (Phi) is 7.11. The predicted molar refractivity (Wildman–Crippen MR) is 79.7 cm³/mol. The molecule has 6 nitrogen and oxygen atoms in total. The molecule has 0 radical (unpaired) electrons. The highest BCUT2D eigenvalue weighted by Gasteiger charge is 2.36. The maximum Gasteiger partial charge on any atom is 0.308 e. The van der Waals surface area contributed by atoms with Gasteiger partial charge in [-0.15, -0.1) is 0 Å². The Bertz CT molecular complexity index is 352. The lowest BCUT2D eigenvalue weighted by Crippen LogP contribution is -2.45. The van der Waals surface area contributed by atoms with E-state index in [0.29, 0.717) is 51.8 Å². The van der Waals surface area contributed by atoms with Crippen LogP contribution >= 0.6 is 0 Å². The summed E-state index contributed by atoms with van der Waals surface area (Å²) in [5.41, 5.74) is -0.763. The Morgan fingerprint density at radius 1 is 1.38 bits per heavy atom. The summed E-state index contributed by atoms with van der Waals surface area (Å²) in [6.07, 6.45) is 2.95. The molecule has 0 bridgehead atoms. The molecule has 1 saturated carbocycles. The monoisotopic (exact) mass is 300 g/mol. The highest BCUT2D eigenvalue weighted by molar-refractivity contribution is 5.75. The third-order valence-electron chi connectivity index (χ3n) is 4.10. The van der Waals surface area contributed by atoms with E-state index in [1.807, 2.05) is 11.9 Å². The normalized spacial score (nSPS) is 25.7. The zero-order valence-electron chi connectivity index (χ0n) is 13.4. The summed E-state index contributed by atoms with van der Waals surface area (Å²) in [6.45, 7) is 3.35. The fourth-order valence-corrected chi connectivity index (χ4v) is 2.81. The predicted octanol–water partition coefficient (Wildman–Crippen LogP) is 0.539. The van der Waals surface area contributed by atoms with Gasteiger partial charge in [-0.1, -0.05) is 0 Å². The lowest BCUT2D eigenvalue weighted by Gasteiger charge is -2.37. The molecule has 0 aromatic rings. The minimum Gasteiger partial charge on any atom is -0.466 e. The smallest absolute Gasteiger partial charge is 0.308 e. The summed E-state index contributed by atoms with van der Waals surface area (Å²) in [6, 6.07) is 0. The van der Waals surface area contributed by atoms with Crippen molar-refractivity contribution < 1.29 is 19.4 Å². The number of carbonyl (C=O) groups excluding carboxylic acids is 2. The van der Waals surface area contributed by atoms with Crippen molar-refractivity contribution in [1.82, 2.24) is 10.2 Å². The molecule has 0 unspecified atom stereocenters. The van der Waals surface area contributed by atoms with Crippen LogP contribution in [0.1, 0.15) is 39.0 Å². The van der Waals surface area contributed by atoms with Crippen LogP contribution in [0.2, 0.25) is 0 Å². The maximum atomic E-state index is 11.7. The van der Waals surface area contributed by atoms with E-state index in [1.165, 1.54) is 0 Å². The van der Waals surface area contributed by atoms with Crippen LogP contribution in [0.4, 0.5) is 0 Å². The highest BCUT2D eigenvalue weighted by atomic mass is 16.5. The van der Waals surface area contributed by atoms with Crippen molar-refractivity contribution in [3.8, 4) is 0 Å². The van der Waals surface area contributed by atoms with Crippen LogP contribution in [-0.2, 0) is 14.3 Å². The van der Waals surface area contributed by atoms with Crippen molar-refractivity contribution in [3.63, 3.8) is 0 Å². The third kappa shape index (κ3) is 6.01. The Morgan fingerprint density at radius 3 is 2.52 bits per heavy atom. The van der Waals surface area contributed by atoms with Gasteiger partial charge in [-0.05, 0) is 39.7 Å². The largest absolute Gasteiger partial charge is 0.466 e. The average Bonchev–Trinajstić information content (AvgIpc) is 2.45. The molecule has 122 valence electrons. The summed E-state index contributed by atoms with van der Waals surface area (Å²) < 4.78 is 5.03. The molecule has 0 aromatic carbocycles. The second kappa shape index (κ2) is 8.34. The van der Waals surface area contributed by atoms with Crippen LogP contribution in [-0.4, -0.2) is 61.3 Å². The molecule has 0 aromatic heterocycles. The van der Waals surface area contributed by atoms with E-state index in [9.17, 15) is 14.7 Å². The van der Waals surface area contributed by atoms with E-state index in [1.54, 1.807) is 14.0 Å². The molecule has 1 aliphatic rings. The van der Waals surface area contributed by atoms with Gasteiger partial charge in [-0.3, -0.25) is 9.59 Å². The van der Waals surface area contributed by atoms with Gasteiger partial charge in [-0.25, -0.2) is 0 Å². The second-order valence-electron chi connectivity index (χ2n) is 5.91. The molecule has 21 heavy (non-hydrogen) atoms. The van der Waals surface area contributed by atoms with Gasteiger partial charge in [0.05, 0.1) is 18.1 Å². The summed E-state index contributed by atoms with van der Waals surface area (Å²) in [7, 11) is 3.52. The molecular weight excluding hydrogens is 272 g/mol. The first-order chi connectivity index (χ1) is 9.90. The standard InChI is InChI=1S/C15H28N2O4/c1-4-21-14(19)12-5-8-15(20,9-6-12)11-17(3)10-7-13(18)16-2/h12,20H,4-11H2,1-3H3,(H,16,18). The van der Waals surface area contributed by atoms with E-state index in [2.05, 4.69) is 5.32 Å². The van der Waals surface area contributed by atoms with Crippen LogP contribution in [0.15, 0.2) is 0 Å². The summed E-state index contributed by atoms with van der Waals surface area (Å²) >= 11 is 0. The van der Waals surface area contributed by atoms with Crippen LogP contribution in [0.5, 0.6) is 0 Å². The number of hydrogen-bond donors (Lipinski definition) is 2. The SMILES string of the molecule is CCOC(=O)C1CCC(O)(CN(C)CCC(=O)NC)CC1. The number of likely N-dealkylation sites (N-methyl/N-ethyl adjacent to an activating group) is 1. The summed E-state index contributed by atoms with van der Waals surface area (Å²) in [5.74, 6) is -0.228. The highest BCUT2D eigenvalue weighted by Crippen LogP contribution is 2.33. The van der Waals surface area contributed by atoms with Gasteiger partial charge in [0.25, 0.3) is 0 Å². The lowest BCUT2D eigenvalue weighted by atomic mass is 9.78. The van der Waals surface area contributed by atoms with E-state index < -0.39 is 5.60 Å². The molecular formula is C15H28N2O4. The molecule has 0 heterocycles. The number of amides is 1. The van der Waals surface area contributed by atoms with Gasteiger partial charge >= 0.3 is 5.97 Å². The minimum absolute atomic E-state index is 0.000131. The Hall–Kier alpha value is -1.14. The van der Waals surface area contributed by atoms with Crippen molar-refractivity contribution in [2.75, 3.05) is 33.8 Å². The first kappa shape index (κ1) is 17.9. The quantitative estimate of drug-likeness (QED) is 0.671. The molecule has 1 fully saturated rings. The van der Waals surface area contributed by atoms with Gasteiger partial charge in [0.15, 0.2) is 0 Å². The zero-order chi connectivity index (χ0) is 15.9. The molecule has 6 heteroatoms. The molecule has 0 aliphatic heterocycles. The van der Waals surface area contributed by atoms with E-state index in [-0.39, 0.29) is 17.8 Å². The Balaban J connectivity index is 2.36. The number of nitrogens with one attached hydrogen (secondary N) is 1. The molecule has 1 amide bonds. The fraction of sp³-hybridized carbons (Fsp3) is 0.867. The fourth-order valence-electron chi connectivity index (χ4n) is 2.81. The van der Waals surface area contributed by atoms with Gasteiger partial charge in [-0.2, -0.15) is 0 Å². The van der Waals surface area contributed by atoms with Crippen LogP contribution < -0.4 is 5.32 Å². The van der Waals surface area contributed by atoms with Gasteiger partial charge < -0.3 is 20.1 Å². The molecule has 0 spiro atoms. The molecule has 1 rings (SSSR count). The summed E-state index contributed by atoms with van der Waals surface area (Å²) in [5, 5.41) is 13.2. The number of rotatable bonds is 7. The van der Waals surface area contributed by atoms with Crippen molar-refractivity contribution >= 4 is 11.9 Å². The molecule has 0 atom stereocenters. The third-order valence-corrected chi connectivity index (χ3v) is 4.10. The van der Waals surface area contributed by atoms with Crippen molar-refractivity contribution in [3.05, 3.63) is 0 Å². The number of hydrogen-bond acceptors (Lipinski definition) is 5. The first-order valence-electron chi connectivity index (χ1n) is 7.68.